The Hall–Kier alpha value is -1.06. The van der Waals surface area contributed by atoms with Crippen LogP contribution in [0, 0.1) is 5.41 Å². The smallest absolute Gasteiger partial charge is 0.0701 e. The van der Waals surface area contributed by atoms with Crippen LogP contribution in [0.4, 0.5) is 5.69 Å². The average molecular weight is 207 g/mol. The minimum absolute atomic E-state index is 0.0797. The lowest BCUT2D eigenvalue weighted by Gasteiger charge is -2.38. The van der Waals surface area contributed by atoms with E-state index in [2.05, 4.69) is 12.2 Å². The van der Waals surface area contributed by atoms with Crippen molar-refractivity contribution in [2.45, 2.75) is 13.5 Å². The van der Waals surface area contributed by atoms with Crippen molar-refractivity contribution in [2.75, 3.05) is 25.1 Å². The number of para-hydroxylation sites is 1. The summed E-state index contributed by atoms with van der Waals surface area (Å²) in [6, 6.07) is 7.84. The molecule has 3 nitrogen and oxygen atoms in total. The van der Waals surface area contributed by atoms with Gasteiger partial charge in [0.25, 0.3) is 0 Å². The number of aliphatic hydroxyl groups excluding tert-OH is 1. The Bertz CT molecular complexity index is 334. The summed E-state index contributed by atoms with van der Waals surface area (Å²) in [7, 11) is 0. The summed E-state index contributed by atoms with van der Waals surface area (Å²) >= 11 is 0. The highest BCUT2D eigenvalue weighted by Crippen LogP contribution is 2.27. The maximum Gasteiger partial charge on any atom is 0.0701 e. The molecule has 82 valence electrons. The summed E-state index contributed by atoms with van der Waals surface area (Å²) in [4.78, 5) is 0. The van der Waals surface area contributed by atoms with Crippen LogP contribution in [0.15, 0.2) is 24.3 Å². The van der Waals surface area contributed by atoms with Crippen molar-refractivity contribution in [1.82, 2.24) is 0 Å². The van der Waals surface area contributed by atoms with Crippen LogP contribution >= 0.6 is 0 Å². The summed E-state index contributed by atoms with van der Waals surface area (Å²) in [5, 5.41) is 12.5. The van der Waals surface area contributed by atoms with Crippen molar-refractivity contribution < 1.29 is 9.84 Å². The highest BCUT2D eigenvalue weighted by Gasteiger charge is 2.32. The van der Waals surface area contributed by atoms with Crippen LogP contribution in [0.25, 0.3) is 0 Å². The minimum atomic E-state index is 0.0797. The fourth-order valence-corrected chi connectivity index (χ4v) is 1.69. The van der Waals surface area contributed by atoms with Crippen LogP contribution in [0.2, 0.25) is 0 Å². The Morgan fingerprint density at radius 3 is 2.73 bits per heavy atom. The molecule has 15 heavy (non-hydrogen) atoms. The molecule has 2 N–H and O–H groups in total. The van der Waals surface area contributed by atoms with Crippen molar-refractivity contribution in [3.8, 4) is 0 Å². The molecule has 1 aliphatic heterocycles. The summed E-state index contributed by atoms with van der Waals surface area (Å²) in [6.45, 7) is 4.81. The Balaban J connectivity index is 1.98. The average Bonchev–Trinajstić information content (AvgIpc) is 2.24. The molecular weight excluding hydrogens is 190 g/mol. The van der Waals surface area contributed by atoms with E-state index in [1.807, 2.05) is 24.3 Å². The third-order valence-electron chi connectivity index (χ3n) is 2.79. The van der Waals surface area contributed by atoms with E-state index in [-0.39, 0.29) is 12.0 Å². The molecule has 0 atom stereocenters. The fraction of sp³-hybridized carbons (Fsp3) is 0.500. The molecule has 0 aliphatic carbocycles. The molecule has 1 aromatic carbocycles. The predicted octanol–water partition coefficient (Wildman–Crippen LogP) is 1.63. The fourth-order valence-electron chi connectivity index (χ4n) is 1.69. The molecule has 1 fully saturated rings. The van der Waals surface area contributed by atoms with Gasteiger partial charge in [-0.15, -0.1) is 0 Å². The van der Waals surface area contributed by atoms with Crippen molar-refractivity contribution in [3.63, 3.8) is 0 Å². The van der Waals surface area contributed by atoms with Gasteiger partial charge in [-0.3, -0.25) is 0 Å². The molecule has 2 rings (SSSR count). The van der Waals surface area contributed by atoms with Crippen LogP contribution < -0.4 is 5.32 Å². The Morgan fingerprint density at radius 1 is 1.40 bits per heavy atom. The van der Waals surface area contributed by atoms with Gasteiger partial charge >= 0.3 is 0 Å². The van der Waals surface area contributed by atoms with Gasteiger partial charge in [-0.1, -0.05) is 25.1 Å². The van der Waals surface area contributed by atoms with E-state index in [4.69, 9.17) is 9.84 Å². The van der Waals surface area contributed by atoms with Gasteiger partial charge < -0.3 is 15.2 Å². The topological polar surface area (TPSA) is 41.5 Å². The van der Waals surface area contributed by atoms with Gasteiger partial charge in [-0.25, -0.2) is 0 Å². The molecule has 1 aliphatic rings. The molecule has 0 bridgehead atoms. The van der Waals surface area contributed by atoms with Gasteiger partial charge in [0, 0.05) is 23.2 Å². The quantitative estimate of drug-likeness (QED) is 0.788. The van der Waals surface area contributed by atoms with E-state index in [1.54, 1.807) is 0 Å². The van der Waals surface area contributed by atoms with Crippen LogP contribution in [-0.4, -0.2) is 24.9 Å². The van der Waals surface area contributed by atoms with Gasteiger partial charge in [-0.2, -0.15) is 0 Å². The molecule has 1 saturated heterocycles. The SMILES string of the molecule is CC1(CNc2ccccc2CO)COC1. The number of hydrogen-bond acceptors (Lipinski definition) is 3. The molecular formula is C12H17NO2. The second-order valence-corrected chi connectivity index (χ2v) is 4.47. The molecule has 3 heteroatoms. The monoisotopic (exact) mass is 207 g/mol. The van der Waals surface area contributed by atoms with E-state index in [0.717, 1.165) is 31.0 Å². The second-order valence-electron chi connectivity index (χ2n) is 4.47. The van der Waals surface area contributed by atoms with Gasteiger partial charge in [0.1, 0.15) is 0 Å². The predicted molar refractivity (Wildman–Crippen MR) is 59.8 cm³/mol. The van der Waals surface area contributed by atoms with Crippen molar-refractivity contribution in [1.29, 1.82) is 0 Å². The first kappa shape index (κ1) is 10.5. The maximum atomic E-state index is 9.15. The molecule has 0 aromatic heterocycles. The van der Waals surface area contributed by atoms with Crippen LogP contribution in [-0.2, 0) is 11.3 Å². The molecule has 0 saturated carbocycles. The lowest BCUT2D eigenvalue weighted by Crippen LogP contribution is -2.45. The van der Waals surface area contributed by atoms with Gasteiger partial charge in [0.15, 0.2) is 0 Å². The van der Waals surface area contributed by atoms with Gasteiger partial charge in [0.2, 0.25) is 0 Å². The second kappa shape index (κ2) is 4.21. The normalized spacial score (nSPS) is 18.3. The summed E-state index contributed by atoms with van der Waals surface area (Å²) < 4.78 is 5.19. The molecule has 1 heterocycles. The number of ether oxygens (including phenoxy) is 1. The summed E-state index contributed by atoms with van der Waals surface area (Å²) in [5.41, 5.74) is 2.22. The number of benzene rings is 1. The molecule has 0 amide bonds. The number of nitrogens with one attached hydrogen (secondary N) is 1. The molecule has 0 unspecified atom stereocenters. The lowest BCUT2D eigenvalue weighted by atomic mass is 9.88. The summed E-state index contributed by atoms with van der Waals surface area (Å²) in [6.07, 6.45) is 0. The summed E-state index contributed by atoms with van der Waals surface area (Å²) in [5.74, 6) is 0. The first-order valence-electron chi connectivity index (χ1n) is 5.24. The van der Waals surface area contributed by atoms with Crippen molar-refractivity contribution in [3.05, 3.63) is 29.8 Å². The molecule has 1 aromatic rings. The third kappa shape index (κ3) is 2.30. The van der Waals surface area contributed by atoms with Crippen molar-refractivity contribution in [2.24, 2.45) is 5.41 Å². The van der Waals surface area contributed by atoms with Gasteiger partial charge in [-0.05, 0) is 6.07 Å². The third-order valence-corrected chi connectivity index (χ3v) is 2.79. The first-order chi connectivity index (χ1) is 7.23. The van der Waals surface area contributed by atoms with Crippen LogP contribution in [0.1, 0.15) is 12.5 Å². The number of anilines is 1. The van der Waals surface area contributed by atoms with E-state index in [1.165, 1.54) is 0 Å². The number of aliphatic hydroxyl groups is 1. The Labute approximate surface area is 90.1 Å². The van der Waals surface area contributed by atoms with E-state index < -0.39 is 0 Å². The van der Waals surface area contributed by atoms with Gasteiger partial charge in [0.05, 0.1) is 19.8 Å². The Morgan fingerprint density at radius 2 is 2.13 bits per heavy atom. The van der Waals surface area contributed by atoms with Crippen LogP contribution in [0.5, 0.6) is 0 Å². The number of rotatable bonds is 4. The van der Waals surface area contributed by atoms with E-state index in [9.17, 15) is 0 Å². The standard InChI is InChI=1S/C12H17NO2/c1-12(8-15-9-12)7-13-11-5-3-2-4-10(11)6-14/h2-5,13-14H,6-9H2,1H3. The highest BCUT2D eigenvalue weighted by atomic mass is 16.5. The molecule has 0 spiro atoms. The zero-order chi connectivity index (χ0) is 10.7. The lowest BCUT2D eigenvalue weighted by molar-refractivity contribution is -0.0924. The van der Waals surface area contributed by atoms with E-state index >= 15 is 0 Å². The highest BCUT2D eigenvalue weighted by molar-refractivity contribution is 5.50. The van der Waals surface area contributed by atoms with Crippen molar-refractivity contribution >= 4 is 5.69 Å². The zero-order valence-corrected chi connectivity index (χ0v) is 8.99. The number of hydrogen-bond donors (Lipinski definition) is 2. The minimum Gasteiger partial charge on any atom is -0.392 e. The largest absolute Gasteiger partial charge is 0.392 e. The Kier molecular flexibility index (Phi) is 2.93. The maximum absolute atomic E-state index is 9.15. The molecule has 0 radical (unpaired) electrons. The first-order valence-corrected chi connectivity index (χ1v) is 5.24. The zero-order valence-electron chi connectivity index (χ0n) is 8.99. The van der Waals surface area contributed by atoms with Crippen LogP contribution in [0.3, 0.4) is 0 Å². The van der Waals surface area contributed by atoms with E-state index in [0.29, 0.717) is 0 Å².